The van der Waals surface area contributed by atoms with Gasteiger partial charge in [0.25, 0.3) is 5.91 Å². The van der Waals surface area contributed by atoms with Gasteiger partial charge in [0.05, 0.1) is 22.1 Å². The summed E-state index contributed by atoms with van der Waals surface area (Å²) in [7, 11) is 1.72. The first-order chi connectivity index (χ1) is 8.90. The van der Waals surface area contributed by atoms with E-state index in [2.05, 4.69) is 20.9 Å². The van der Waals surface area contributed by atoms with Gasteiger partial charge in [-0.25, -0.2) is 4.98 Å². The van der Waals surface area contributed by atoms with Crippen LogP contribution in [0.5, 0.6) is 0 Å². The number of nitrogen functional groups attached to an aromatic ring is 1. The zero-order valence-corrected chi connectivity index (χ0v) is 13.3. The first-order valence-electron chi connectivity index (χ1n) is 5.67. The molecule has 0 unspecified atom stereocenters. The Morgan fingerprint density at radius 1 is 1.42 bits per heavy atom. The molecule has 0 saturated heterocycles. The average Bonchev–Trinajstić information content (AvgIpc) is 2.67. The van der Waals surface area contributed by atoms with E-state index in [4.69, 9.17) is 5.73 Å². The second-order valence-corrected chi connectivity index (χ2v) is 6.33. The number of thiazole rings is 1. The summed E-state index contributed by atoms with van der Waals surface area (Å²) >= 11 is 4.75. The molecule has 0 bridgehead atoms. The number of carbonyl (C=O) groups is 1. The van der Waals surface area contributed by atoms with E-state index in [1.54, 1.807) is 18.0 Å². The van der Waals surface area contributed by atoms with E-state index in [1.807, 2.05) is 26.0 Å². The molecule has 4 nitrogen and oxygen atoms in total. The van der Waals surface area contributed by atoms with E-state index in [9.17, 15) is 4.79 Å². The molecule has 1 aromatic heterocycles. The summed E-state index contributed by atoms with van der Waals surface area (Å²) in [6.45, 7) is 3.73. The number of hydrogen-bond acceptors (Lipinski definition) is 4. The number of rotatable bonds is 2. The van der Waals surface area contributed by atoms with Gasteiger partial charge in [-0.15, -0.1) is 11.3 Å². The Hall–Kier alpha value is -1.40. The minimum atomic E-state index is -0.0860. The molecule has 1 heterocycles. The Morgan fingerprint density at radius 3 is 2.63 bits per heavy atom. The number of carbonyl (C=O) groups excluding carboxylic acids is 1. The number of hydrogen-bond donors (Lipinski definition) is 1. The van der Waals surface area contributed by atoms with Crippen LogP contribution in [-0.2, 0) is 0 Å². The number of halogens is 1. The lowest BCUT2D eigenvalue weighted by Crippen LogP contribution is -2.26. The van der Waals surface area contributed by atoms with Crippen molar-refractivity contribution in [2.24, 2.45) is 0 Å². The lowest BCUT2D eigenvalue weighted by atomic mass is 10.2. The molecule has 6 heteroatoms. The predicted molar refractivity (Wildman–Crippen MR) is 82.9 cm³/mol. The Kier molecular flexibility index (Phi) is 3.91. The zero-order chi connectivity index (χ0) is 14.2. The maximum atomic E-state index is 12.4. The van der Waals surface area contributed by atoms with Crippen LogP contribution in [0.2, 0.25) is 0 Å². The molecular formula is C13H14BrN3OS. The highest BCUT2D eigenvalue weighted by atomic mass is 79.9. The van der Waals surface area contributed by atoms with E-state index >= 15 is 0 Å². The molecule has 2 N–H and O–H groups in total. The van der Waals surface area contributed by atoms with E-state index in [1.165, 1.54) is 11.3 Å². The molecule has 1 amide bonds. The van der Waals surface area contributed by atoms with Gasteiger partial charge in [-0.05, 0) is 32.0 Å². The van der Waals surface area contributed by atoms with E-state index in [-0.39, 0.29) is 5.91 Å². The molecule has 0 saturated carbocycles. The third kappa shape index (κ3) is 2.79. The quantitative estimate of drug-likeness (QED) is 0.853. The molecular weight excluding hydrogens is 326 g/mol. The Morgan fingerprint density at radius 2 is 2.11 bits per heavy atom. The third-order valence-electron chi connectivity index (χ3n) is 2.75. The fourth-order valence-electron chi connectivity index (χ4n) is 1.82. The highest BCUT2D eigenvalue weighted by Crippen LogP contribution is 2.28. The summed E-state index contributed by atoms with van der Waals surface area (Å²) in [6.07, 6.45) is 0. The van der Waals surface area contributed by atoms with Crippen LogP contribution in [0.15, 0.2) is 22.7 Å². The van der Waals surface area contributed by atoms with Crippen molar-refractivity contribution >= 4 is 44.5 Å². The summed E-state index contributed by atoms with van der Waals surface area (Å²) in [5.41, 5.74) is 7.96. The molecule has 0 aliphatic carbocycles. The number of nitrogens with zero attached hydrogens (tertiary/aromatic N) is 2. The number of benzene rings is 1. The van der Waals surface area contributed by atoms with Crippen molar-refractivity contribution in [1.82, 2.24) is 4.98 Å². The Balaban J connectivity index is 2.36. The molecule has 0 spiro atoms. The fraction of sp³-hybridized carbons (Fsp3) is 0.231. The van der Waals surface area contributed by atoms with Crippen molar-refractivity contribution in [3.8, 4) is 0 Å². The van der Waals surface area contributed by atoms with Gasteiger partial charge in [0.2, 0.25) is 0 Å². The van der Waals surface area contributed by atoms with Gasteiger partial charge < -0.3 is 10.6 Å². The van der Waals surface area contributed by atoms with Crippen LogP contribution >= 0.6 is 27.3 Å². The maximum Gasteiger partial charge on any atom is 0.270 e. The number of anilines is 2. The van der Waals surface area contributed by atoms with Crippen molar-refractivity contribution in [3.63, 3.8) is 0 Å². The van der Waals surface area contributed by atoms with Gasteiger partial charge in [-0.3, -0.25) is 4.79 Å². The zero-order valence-electron chi connectivity index (χ0n) is 10.9. The number of aryl methyl sites for hydroxylation is 2. The van der Waals surface area contributed by atoms with Crippen LogP contribution in [0.1, 0.15) is 20.4 Å². The molecule has 19 heavy (non-hydrogen) atoms. The molecule has 0 aliphatic rings. The van der Waals surface area contributed by atoms with Gasteiger partial charge in [0.1, 0.15) is 4.88 Å². The fourth-order valence-corrected chi connectivity index (χ4v) is 3.10. The predicted octanol–water partition coefficient (Wildman–Crippen LogP) is 3.38. The smallest absolute Gasteiger partial charge is 0.270 e. The lowest BCUT2D eigenvalue weighted by Gasteiger charge is -2.18. The van der Waals surface area contributed by atoms with Gasteiger partial charge in [0, 0.05) is 11.5 Å². The lowest BCUT2D eigenvalue weighted by molar-refractivity contribution is 0.0996. The van der Waals surface area contributed by atoms with Crippen LogP contribution in [0, 0.1) is 13.8 Å². The van der Waals surface area contributed by atoms with Gasteiger partial charge >= 0.3 is 0 Å². The van der Waals surface area contributed by atoms with E-state index in [0.29, 0.717) is 16.3 Å². The van der Waals surface area contributed by atoms with Crippen molar-refractivity contribution < 1.29 is 4.79 Å². The number of amides is 1. The van der Waals surface area contributed by atoms with Crippen LogP contribution in [0.25, 0.3) is 0 Å². The van der Waals surface area contributed by atoms with Crippen molar-refractivity contribution in [2.75, 3.05) is 17.7 Å². The molecule has 0 aliphatic heterocycles. The summed E-state index contributed by atoms with van der Waals surface area (Å²) in [5.74, 6) is -0.0860. The SMILES string of the molecule is Cc1nc(C)c(C(=O)N(C)c2ccc(Br)cc2N)s1. The summed E-state index contributed by atoms with van der Waals surface area (Å²) in [4.78, 5) is 18.9. The first-order valence-corrected chi connectivity index (χ1v) is 7.28. The molecule has 100 valence electrons. The van der Waals surface area contributed by atoms with Crippen LogP contribution in [0.3, 0.4) is 0 Å². The average molecular weight is 340 g/mol. The summed E-state index contributed by atoms with van der Waals surface area (Å²) in [5, 5.41) is 0.887. The second-order valence-electron chi connectivity index (χ2n) is 4.21. The van der Waals surface area contributed by atoms with Crippen molar-refractivity contribution in [2.45, 2.75) is 13.8 Å². The standard InChI is InChI=1S/C13H14BrN3OS/c1-7-12(19-8(2)16-7)13(18)17(3)11-5-4-9(14)6-10(11)15/h4-6H,15H2,1-3H3. The second kappa shape index (κ2) is 5.30. The number of nitrogens with two attached hydrogens (primary N) is 1. The van der Waals surface area contributed by atoms with Crippen LogP contribution in [0.4, 0.5) is 11.4 Å². The molecule has 0 atom stereocenters. The van der Waals surface area contributed by atoms with Crippen LogP contribution < -0.4 is 10.6 Å². The minimum Gasteiger partial charge on any atom is -0.397 e. The van der Waals surface area contributed by atoms with Crippen molar-refractivity contribution in [1.29, 1.82) is 0 Å². The minimum absolute atomic E-state index is 0.0860. The van der Waals surface area contributed by atoms with E-state index < -0.39 is 0 Å². The maximum absolute atomic E-state index is 12.4. The normalized spacial score (nSPS) is 10.5. The molecule has 2 rings (SSSR count). The molecule has 1 aromatic carbocycles. The summed E-state index contributed by atoms with van der Waals surface area (Å²) in [6, 6.07) is 5.46. The molecule has 0 radical (unpaired) electrons. The first kappa shape index (κ1) is 14.0. The van der Waals surface area contributed by atoms with Crippen LogP contribution in [-0.4, -0.2) is 17.9 Å². The topological polar surface area (TPSA) is 59.2 Å². The highest BCUT2D eigenvalue weighted by Gasteiger charge is 2.20. The molecule has 0 fully saturated rings. The largest absolute Gasteiger partial charge is 0.397 e. The Bertz CT molecular complexity index is 639. The highest BCUT2D eigenvalue weighted by molar-refractivity contribution is 9.10. The summed E-state index contributed by atoms with van der Waals surface area (Å²) < 4.78 is 0.888. The Labute approximate surface area is 124 Å². The monoisotopic (exact) mass is 339 g/mol. The molecule has 2 aromatic rings. The van der Waals surface area contributed by atoms with Crippen molar-refractivity contribution in [3.05, 3.63) is 38.3 Å². The third-order valence-corrected chi connectivity index (χ3v) is 4.31. The van der Waals surface area contributed by atoms with Gasteiger partial charge in [0.15, 0.2) is 0 Å². The van der Waals surface area contributed by atoms with Gasteiger partial charge in [-0.2, -0.15) is 0 Å². The van der Waals surface area contributed by atoms with E-state index in [0.717, 1.165) is 15.2 Å². The van der Waals surface area contributed by atoms with Gasteiger partial charge in [-0.1, -0.05) is 15.9 Å². The number of aromatic nitrogens is 1.